The Bertz CT molecular complexity index is 285. The largest absolute Gasteiger partial charge is 0.374 e. The third kappa shape index (κ3) is 2.28. The molecule has 0 amide bonds. The first kappa shape index (κ1) is 13.4. The van der Waals surface area contributed by atoms with Crippen LogP contribution in [0.4, 0.5) is 0 Å². The SMILES string of the molecule is CC1CCCCC1OC1CC(Br)C12CCCCC2. The van der Waals surface area contributed by atoms with E-state index in [0.29, 0.717) is 17.6 Å². The molecule has 3 rings (SSSR count). The van der Waals surface area contributed by atoms with Gasteiger partial charge in [-0.2, -0.15) is 0 Å². The van der Waals surface area contributed by atoms with E-state index in [-0.39, 0.29) is 0 Å². The van der Waals surface area contributed by atoms with E-state index in [4.69, 9.17) is 4.74 Å². The number of hydrogen-bond acceptors (Lipinski definition) is 1. The maximum atomic E-state index is 6.57. The lowest BCUT2D eigenvalue weighted by Gasteiger charge is -2.57. The van der Waals surface area contributed by atoms with Crippen LogP contribution in [-0.2, 0) is 4.74 Å². The van der Waals surface area contributed by atoms with Gasteiger partial charge in [-0.05, 0) is 38.0 Å². The maximum absolute atomic E-state index is 6.57. The molecule has 3 aliphatic rings. The Morgan fingerprint density at radius 1 is 1.00 bits per heavy atom. The third-order valence-electron chi connectivity index (χ3n) is 5.84. The van der Waals surface area contributed by atoms with Gasteiger partial charge in [-0.15, -0.1) is 0 Å². The van der Waals surface area contributed by atoms with E-state index in [1.54, 1.807) is 0 Å². The van der Waals surface area contributed by atoms with Crippen molar-refractivity contribution in [2.45, 2.75) is 88.2 Å². The molecule has 0 N–H and O–H groups in total. The van der Waals surface area contributed by atoms with Crippen LogP contribution in [0, 0.1) is 11.3 Å². The lowest BCUT2D eigenvalue weighted by atomic mass is 9.58. The average Bonchev–Trinajstić information content (AvgIpc) is 2.41. The second kappa shape index (κ2) is 5.44. The lowest BCUT2D eigenvalue weighted by Crippen LogP contribution is -2.57. The summed E-state index contributed by atoms with van der Waals surface area (Å²) in [5, 5.41) is 0. The lowest BCUT2D eigenvalue weighted by molar-refractivity contribution is -0.167. The topological polar surface area (TPSA) is 9.23 Å². The zero-order valence-corrected chi connectivity index (χ0v) is 13.3. The van der Waals surface area contributed by atoms with Gasteiger partial charge in [-0.1, -0.05) is 55.0 Å². The van der Waals surface area contributed by atoms with Crippen LogP contribution in [0.2, 0.25) is 0 Å². The normalized spacial score (nSPS) is 43.7. The molecule has 1 nitrogen and oxygen atoms in total. The van der Waals surface area contributed by atoms with Crippen LogP contribution >= 0.6 is 15.9 Å². The highest BCUT2D eigenvalue weighted by molar-refractivity contribution is 9.09. The summed E-state index contributed by atoms with van der Waals surface area (Å²) < 4.78 is 6.57. The fraction of sp³-hybridized carbons (Fsp3) is 1.00. The van der Waals surface area contributed by atoms with Crippen LogP contribution in [0.1, 0.15) is 71.1 Å². The number of halogens is 1. The Morgan fingerprint density at radius 3 is 2.39 bits per heavy atom. The van der Waals surface area contributed by atoms with E-state index in [0.717, 1.165) is 10.7 Å². The molecule has 4 atom stereocenters. The minimum Gasteiger partial charge on any atom is -0.374 e. The summed E-state index contributed by atoms with van der Waals surface area (Å²) in [6.45, 7) is 2.39. The van der Waals surface area contributed by atoms with Gasteiger partial charge in [0.05, 0.1) is 12.2 Å². The molecule has 3 fully saturated rings. The van der Waals surface area contributed by atoms with E-state index in [1.807, 2.05) is 0 Å². The van der Waals surface area contributed by atoms with Crippen LogP contribution in [0.15, 0.2) is 0 Å². The van der Waals surface area contributed by atoms with Gasteiger partial charge in [0.25, 0.3) is 0 Å². The highest BCUT2D eigenvalue weighted by Gasteiger charge is 2.55. The summed E-state index contributed by atoms with van der Waals surface area (Å²) in [6.07, 6.45) is 14.9. The predicted octanol–water partition coefficient (Wildman–Crippen LogP) is 5.07. The minimum absolute atomic E-state index is 0.509. The molecule has 0 aromatic rings. The fourth-order valence-corrected chi connectivity index (χ4v) is 5.52. The molecule has 0 bridgehead atoms. The minimum atomic E-state index is 0.509. The van der Waals surface area contributed by atoms with Gasteiger partial charge in [0, 0.05) is 10.2 Å². The summed E-state index contributed by atoms with van der Waals surface area (Å²) in [5.41, 5.74) is 0.509. The monoisotopic (exact) mass is 314 g/mol. The maximum Gasteiger partial charge on any atom is 0.0656 e. The predicted molar refractivity (Wildman–Crippen MR) is 79.1 cm³/mol. The van der Waals surface area contributed by atoms with E-state index >= 15 is 0 Å². The highest BCUT2D eigenvalue weighted by atomic mass is 79.9. The molecule has 104 valence electrons. The summed E-state index contributed by atoms with van der Waals surface area (Å²) in [6, 6.07) is 0. The van der Waals surface area contributed by atoms with E-state index in [2.05, 4.69) is 22.9 Å². The molecule has 0 radical (unpaired) electrons. The van der Waals surface area contributed by atoms with E-state index in [9.17, 15) is 0 Å². The Morgan fingerprint density at radius 2 is 1.72 bits per heavy atom. The molecule has 0 aliphatic heterocycles. The third-order valence-corrected chi connectivity index (χ3v) is 7.13. The Hall–Kier alpha value is 0.440. The number of ether oxygens (including phenoxy) is 1. The van der Waals surface area contributed by atoms with Crippen molar-refractivity contribution in [2.24, 2.45) is 11.3 Å². The van der Waals surface area contributed by atoms with Crippen molar-refractivity contribution >= 4 is 15.9 Å². The van der Waals surface area contributed by atoms with Crippen LogP contribution in [-0.4, -0.2) is 17.0 Å². The first-order chi connectivity index (χ1) is 8.72. The van der Waals surface area contributed by atoms with Crippen molar-refractivity contribution in [3.05, 3.63) is 0 Å². The molecule has 4 unspecified atom stereocenters. The smallest absolute Gasteiger partial charge is 0.0656 e. The van der Waals surface area contributed by atoms with E-state index < -0.39 is 0 Å². The standard InChI is InChI=1S/C16H27BrO/c1-12-7-3-4-8-13(12)18-15-11-14(17)16(15)9-5-2-6-10-16/h12-15H,2-11H2,1H3. The number of alkyl halides is 1. The van der Waals surface area contributed by atoms with Crippen molar-refractivity contribution in [3.63, 3.8) is 0 Å². The molecule has 3 saturated carbocycles. The summed E-state index contributed by atoms with van der Waals surface area (Å²) in [5.74, 6) is 0.786. The first-order valence-electron chi connectivity index (χ1n) is 8.02. The molecule has 0 aromatic carbocycles. The van der Waals surface area contributed by atoms with Crippen LogP contribution in [0.25, 0.3) is 0 Å². The Labute approximate surface area is 120 Å². The van der Waals surface area contributed by atoms with Gasteiger partial charge < -0.3 is 4.74 Å². The number of hydrogen-bond donors (Lipinski definition) is 0. The van der Waals surface area contributed by atoms with Crippen LogP contribution in [0.5, 0.6) is 0 Å². The molecule has 0 saturated heterocycles. The molecule has 1 spiro atoms. The van der Waals surface area contributed by atoms with Crippen molar-refractivity contribution in [3.8, 4) is 0 Å². The van der Waals surface area contributed by atoms with Crippen molar-refractivity contribution in [1.29, 1.82) is 0 Å². The fourth-order valence-electron chi connectivity index (χ4n) is 4.43. The molecular formula is C16H27BrO. The molecule has 0 aromatic heterocycles. The van der Waals surface area contributed by atoms with Crippen LogP contribution in [0.3, 0.4) is 0 Å². The van der Waals surface area contributed by atoms with Crippen molar-refractivity contribution in [2.75, 3.05) is 0 Å². The molecule has 18 heavy (non-hydrogen) atoms. The van der Waals surface area contributed by atoms with Gasteiger partial charge in [0.2, 0.25) is 0 Å². The second-order valence-corrected chi connectivity index (χ2v) is 8.03. The van der Waals surface area contributed by atoms with Gasteiger partial charge in [0.15, 0.2) is 0 Å². The Kier molecular flexibility index (Phi) is 4.06. The van der Waals surface area contributed by atoms with E-state index in [1.165, 1.54) is 64.2 Å². The summed E-state index contributed by atoms with van der Waals surface area (Å²) in [4.78, 5) is 0.731. The second-order valence-electron chi connectivity index (χ2n) is 6.92. The number of rotatable bonds is 2. The van der Waals surface area contributed by atoms with Crippen molar-refractivity contribution in [1.82, 2.24) is 0 Å². The zero-order chi connectivity index (χ0) is 12.6. The van der Waals surface area contributed by atoms with Gasteiger partial charge in [-0.3, -0.25) is 0 Å². The average molecular weight is 315 g/mol. The quantitative estimate of drug-likeness (QED) is 0.647. The summed E-state index contributed by atoms with van der Waals surface area (Å²) >= 11 is 3.92. The van der Waals surface area contributed by atoms with Gasteiger partial charge >= 0.3 is 0 Å². The van der Waals surface area contributed by atoms with Crippen LogP contribution < -0.4 is 0 Å². The molecular weight excluding hydrogens is 288 g/mol. The molecule has 0 heterocycles. The first-order valence-corrected chi connectivity index (χ1v) is 8.93. The Balaban J connectivity index is 1.62. The summed E-state index contributed by atoms with van der Waals surface area (Å²) in [7, 11) is 0. The van der Waals surface area contributed by atoms with Gasteiger partial charge in [-0.25, -0.2) is 0 Å². The van der Waals surface area contributed by atoms with Gasteiger partial charge in [0.1, 0.15) is 0 Å². The highest BCUT2D eigenvalue weighted by Crippen LogP contribution is 2.57. The van der Waals surface area contributed by atoms with Crippen molar-refractivity contribution < 1.29 is 4.74 Å². The molecule has 3 aliphatic carbocycles. The zero-order valence-electron chi connectivity index (χ0n) is 11.7. The molecule has 2 heteroatoms.